The van der Waals surface area contributed by atoms with E-state index in [1.54, 1.807) is 42.5 Å². The minimum Gasteiger partial charge on any atom is -0.380 e. The van der Waals surface area contributed by atoms with Gasteiger partial charge in [0.25, 0.3) is 5.56 Å². The highest BCUT2D eigenvalue weighted by molar-refractivity contribution is 6.30. The number of hydrogen-bond acceptors (Lipinski definition) is 4. The summed E-state index contributed by atoms with van der Waals surface area (Å²) < 4.78 is 2.59. The van der Waals surface area contributed by atoms with Crippen LogP contribution in [0.2, 0.25) is 5.15 Å². The lowest BCUT2D eigenvalue weighted by molar-refractivity contribution is 0.826. The summed E-state index contributed by atoms with van der Waals surface area (Å²) >= 11 is 6.35. The van der Waals surface area contributed by atoms with Crippen molar-refractivity contribution in [3.05, 3.63) is 129 Å². The molecule has 0 saturated carbocycles. The van der Waals surface area contributed by atoms with Gasteiger partial charge in [-0.3, -0.25) is 4.79 Å². The summed E-state index contributed by atoms with van der Waals surface area (Å²) in [7, 11) is 0. The normalized spacial score (nSPS) is 10.9. The van der Waals surface area contributed by atoms with Gasteiger partial charge in [-0.1, -0.05) is 78.3 Å². The summed E-state index contributed by atoms with van der Waals surface area (Å²) in [5.41, 5.74) is 1.82. The third kappa shape index (κ3) is 3.92. The lowest BCUT2D eigenvalue weighted by Crippen LogP contribution is -2.39. The Morgan fingerprint density at radius 2 is 1.30 bits per heavy atom. The van der Waals surface area contributed by atoms with Gasteiger partial charge < -0.3 is 5.32 Å². The number of pyridine rings is 1. The third-order valence-electron chi connectivity index (χ3n) is 5.34. The van der Waals surface area contributed by atoms with Crippen molar-refractivity contribution < 1.29 is 0 Å². The quantitative estimate of drug-likeness (QED) is 0.387. The molecule has 0 atom stereocenters. The van der Waals surface area contributed by atoms with Crippen LogP contribution in [0.5, 0.6) is 0 Å². The van der Waals surface area contributed by atoms with E-state index in [4.69, 9.17) is 11.6 Å². The number of aromatic nitrogens is 3. The molecule has 0 aliphatic carbocycles. The van der Waals surface area contributed by atoms with E-state index in [2.05, 4.69) is 10.3 Å². The number of anilines is 1. The zero-order chi connectivity index (χ0) is 22.8. The highest BCUT2D eigenvalue weighted by atomic mass is 35.5. The maximum absolute atomic E-state index is 13.7. The highest BCUT2D eigenvalue weighted by Gasteiger charge is 2.20. The maximum atomic E-state index is 13.7. The summed E-state index contributed by atoms with van der Waals surface area (Å²) in [4.78, 5) is 31.7. The predicted molar refractivity (Wildman–Crippen MR) is 132 cm³/mol. The van der Waals surface area contributed by atoms with Crippen LogP contribution in [-0.2, 0) is 6.54 Å². The Bertz CT molecular complexity index is 1550. The predicted octanol–water partition coefficient (Wildman–Crippen LogP) is 4.80. The summed E-state index contributed by atoms with van der Waals surface area (Å²) in [5, 5.41) is 3.77. The zero-order valence-electron chi connectivity index (χ0n) is 17.5. The van der Waals surface area contributed by atoms with Gasteiger partial charge in [0.15, 0.2) is 5.65 Å². The van der Waals surface area contributed by atoms with Gasteiger partial charge in [-0.25, -0.2) is 18.9 Å². The Morgan fingerprint density at radius 1 is 0.758 bits per heavy atom. The number of hydrogen-bond donors (Lipinski definition) is 1. The van der Waals surface area contributed by atoms with Gasteiger partial charge in [0.1, 0.15) is 10.5 Å². The topological polar surface area (TPSA) is 68.9 Å². The molecular weight excluding hydrogens is 436 g/mol. The fourth-order valence-electron chi connectivity index (χ4n) is 3.81. The van der Waals surface area contributed by atoms with E-state index in [1.165, 1.54) is 9.13 Å². The first-order chi connectivity index (χ1) is 16.1. The van der Waals surface area contributed by atoms with Crippen molar-refractivity contribution in [1.82, 2.24) is 14.1 Å². The van der Waals surface area contributed by atoms with Crippen LogP contribution in [-0.4, -0.2) is 14.1 Å². The van der Waals surface area contributed by atoms with Crippen molar-refractivity contribution in [1.29, 1.82) is 0 Å². The second-order valence-electron chi connectivity index (χ2n) is 7.46. The number of benzene rings is 3. The molecule has 2 aromatic heterocycles. The number of nitrogens with one attached hydrogen (secondary N) is 1. The molecule has 0 bridgehead atoms. The molecule has 0 spiro atoms. The van der Waals surface area contributed by atoms with Gasteiger partial charge in [-0.15, -0.1) is 0 Å². The monoisotopic (exact) mass is 454 g/mol. The van der Waals surface area contributed by atoms with Crippen LogP contribution >= 0.6 is 11.6 Å². The van der Waals surface area contributed by atoms with Crippen molar-refractivity contribution in [3.8, 4) is 11.4 Å². The standard InChI is InChI=1S/C26H19ClN4O2/c27-22-16-21(28-17-18-10-4-1-5-11-18)23-24(29-22)30(19-12-6-2-7-13-19)26(33)31(25(23)32)20-14-8-3-9-15-20/h1-16H,17H2,(H,28,29). The minimum absolute atomic E-state index is 0.180. The Balaban J connectivity index is 1.83. The van der Waals surface area contributed by atoms with E-state index >= 15 is 0 Å². The van der Waals surface area contributed by atoms with Crippen molar-refractivity contribution in [2.24, 2.45) is 0 Å². The van der Waals surface area contributed by atoms with Gasteiger partial charge in [-0.05, 0) is 35.9 Å². The zero-order valence-corrected chi connectivity index (χ0v) is 18.2. The van der Waals surface area contributed by atoms with Crippen LogP contribution in [0, 0.1) is 0 Å². The van der Waals surface area contributed by atoms with Crippen LogP contribution in [0.1, 0.15) is 5.56 Å². The van der Waals surface area contributed by atoms with Gasteiger partial charge in [0.05, 0.1) is 17.1 Å². The van der Waals surface area contributed by atoms with E-state index in [1.807, 2.05) is 54.6 Å². The van der Waals surface area contributed by atoms with Crippen LogP contribution in [0.3, 0.4) is 0 Å². The Morgan fingerprint density at radius 3 is 1.91 bits per heavy atom. The summed E-state index contributed by atoms with van der Waals surface area (Å²) in [6.45, 7) is 0.478. The summed E-state index contributed by atoms with van der Waals surface area (Å²) in [6.07, 6.45) is 0. The molecule has 5 rings (SSSR count). The average Bonchev–Trinajstić information content (AvgIpc) is 2.84. The molecule has 3 aromatic carbocycles. The molecule has 1 N–H and O–H groups in total. The Kier molecular flexibility index (Phi) is 5.50. The molecule has 0 saturated heterocycles. The number of para-hydroxylation sites is 2. The molecule has 33 heavy (non-hydrogen) atoms. The van der Waals surface area contributed by atoms with E-state index < -0.39 is 11.2 Å². The van der Waals surface area contributed by atoms with E-state index in [0.717, 1.165) is 5.56 Å². The van der Waals surface area contributed by atoms with Gasteiger partial charge in [0, 0.05) is 6.54 Å². The number of rotatable bonds is 5. The first kappa shape index (κ1) is 20.7. The lowest BCUT2D eigenvalue weighted by Gasteiger charge is -2.16. The van der Waals surface area contributed by atoms with Crippen molar-refractivity contribution in [2.45, 2.75) is 6.54 Å². The van der Waals surface area contributed by atoms with E-state index in [0.29, 0.717) is 23.6 Å². The van der Waals surface area contributed by atoms with Crippen molar-refractivity contribution in [3.63, 3.8) is 0 Å². The van der Waals surface area contributed by atoms with E-state index in [-0.39, 0.29) is 16.2 Å². The number of halogens is 1. The minimum atomic E-state index is -0.520. The molecule has 162 valence electrons. The van der Waals surface area contributed by atoms with Crippen LogP contribution in [0.25, 0.3) is 22.4 Å². The second-order valence-corrected chi connectivity index (χ2v) is 7.85. The van der Waals surface area contributed by atoms with Crippen LogP contribution in [0.4, 0.5) is 5.69 Å². The molecule has 6 nitrogen and oxygen atoms in total. The molecule has 5 aromatic rings. The van der Waals surface area contributed by atoms with Gasteiger partial charge >= 0.3 is 5.69 Å². The van der Waals surface area contributed by atoms with Gasteiger partial charge in [-0.2, -0.15) is 0 Å². The SMILES string of the molecule is O=c1c2c(NCc3ccccc3)cc(Cl)nc2n(-c2ccccc2)c(=O)n1-c1ccccc1. The van der Waals surface area contributed by atoms with Crippen molar-refractivity contribution >= 4 is 28.3 Å². The summed E-state index contributed by atoms with van der Waals surface area (Å²) in [6, 6.07) is 29.4. The number of nitrogens with zero attached hydrogens (tertiary/aromatic N) is 3. The van der Waals surface area contributed by atoms with Crippen molar-refractivity contribution in [2.75, 3.05) is 5.32 Å². The molecule has 0 unspecified atom stereocenters. The molecule has 0 radical (unpaired) electrons. The first-order valence-corrected chi connectivity index (χ1v) is 10.8. The second kappa shape index (κ2) is 8.76. The molecule has 0 aliphatic rings. The van der Waals surface area contributed by atoms with Crippen LogP contribution in [0.15, 0.2) is 107 Å². The maximum Gasteiger partial charge on any atom is 0.341 e. The fraction of sp³-hybridized carbons (Fsp3) is 0.0385. The van der Waals surface area contributed by atoms with Crippen LogP contribution < -0.4 is 16.6 Å². The molecule has 0 amide bonds. The summed E-state index contributed by atoms with van der Waals surface area (Å²) in [5.74, 6) is 0. The third-order valence-corrected chi connectivity index (χ3v) is 5.53. The van der Waals surface area contributed by atoms with E-state index in [9.17, 15) is 9.59 Å². The highest BCUT2D eigenvalue weighted by Crippen LogP contribution is 2.25. The molecular formula is C26H19ClN4O2. The smallest absolute Gasteiger partial charge is 0.341 e. The molecule has 0 fully saturated rings. The molecule has 0 aliphatic heterocycles. The Hall–Kier alpha value is -4.16. The fourth-order valence-corrected chi connectivity index (χ4v) is 4.00. The number of fused-ring (bicyclic) bond motifs is 1. The largest absolute Gasteiger partial charge is 0.380 e. The molecule has 2 heterocycles. The average molecular weight is 455 g/mol. The molecule has 7 heteroatoms. The Labute approximate surface area is 194 Å². The lowest BCUT2D eigenvalue weighted by atomic mass is 10.2. The first-order valence-electron chi connectivity index (χ1n) is 10.4. The van der Waals surface area contributed by atoms with Gasteiger partial charge in [0.2, 0.25) is 0 Å².